The average molecular weight is 281 g/mol. The molecule has 20 heavy (non-hydrogen) atoms. The molecule has 0 aliphatic heterocycles. The van der Waals surface area contributed by atoms with Crippen LogP contribution in [0.5, 0.6) is 5.75 Å². The van der Waals surface area contributed by atoms with Crippen molar-refractivity contribution in [2.24, 2.45) is 0 Å². The first kappa shape index (κ1) is 16.5. The highest BCUT2D eigenvalue weighted by Gasteiger charge is 2.02. The first-order valence-electron chi connectivity index (χ1n) is 6.97. The molecule has 0 unspecified atom stereocenters. The molecule has 0 spiro atoms. The molecule has 1 rings (SSSR count). The van der Waals surface area contributed by atoms with E-state index in [1.54, 1.807) is 24.3 Å². The molecule has 0 fully saturated rings. The van der Waals surface area contributed by atoms with E-state index in [0.29, 0.717) is 32.7 Å². The Morgan fingerprint density at radius 3 is 2.60 bits per heavy atom. The number of hydrogen-bond donors (Lipinski definition) is 2. The summed E-state index contributed by atoms with van der Waals surface area (Å²) in [7, 11) is 0. The minimum atomic E-state index is -0.0601. The summed E-state index contributed by atoms with van der Waals surface area (Å²) in [4.78, 5) is 11.6. The lowest BCUT2D eigenvalue weighted by molar-refractivity contribution is -0.117. The number of rotatable bonds is 10. The lowest BCUT2D eigenvalue weighted by Gasteiger charge is -2.08. The van der Waals surface area contributed by atoms with Crippen molar-refractivity contribution in [3.8, 4) is 5.75 Å². The predicted octanol–water partition coefficient (Wildman–Crippen LogP) is 2.20. The highest BCUT2D eigenvalue weighted by atomic mass is 16.5. The maximum absolute atomic E-state index is 11.6. The Hall–Kier alpha value is -1.59. The summed E-state index contributed by atoms with van der Waals surface area (Å²) in [5.41, 5.74) is 0.736. The monoisotopic (exact) mass is 281 g/mol. The molecule has 5 nitrogen and oxygen atoms in total. The fourth-order valence-corrected chi connectivity index (χ4v) is 1.52. The Balaban J connectivity index is 2.27. The van der Waals surface area contributed by atoms with E-state index in [-0.39, 0.29) is 12.5 Å². The van der Waals surface area contributed by atoms with Crippen molar-refractivity contribution in [2.75, 3.05) is 31.7 Å². The number of aliphatic hydroxyl groups excluding tert-OH is 1. The lowest BCUT2D eigenvalue weighted by atomic mass is 10.3. The molecule has 5 heteroatoms. The summed E-state index contributed by atoms with van der Waals surface area (Å²) < 4.78 is 10.7. The van der Waals surface area contributed by atoms with Crippen LogP contribution in [0.4, 0.5) is 5.69 Å². The summed E-state index contributed by atoms with van der Waals surface area (Å²) in [5, 5.41) is 11.5. The van der Waals surface area contributed by atoms with Gasteiger partial charge >= 0.3 is 0 Å². The first-order valence-corrected chi connectivity index (χ1v) is 6.97. The largest absolute Gasteiger partial charge is 0.494 e. The lowest BCUT2D eigenvalue weighted by Crippen LogP contribution is -2.14. The number of anilines is 1. The van der Waals surface area contributed by atoms with Gasteiger partial charge < -0.3 is 19.9 Å². The van der Waals surface area contributed by atoms with Gasteiger partial charge in [0.2, 0.25) is 5.91 Å². The number of nitrogens with one attached hydrogen (secondary N) is 1. The van der Waals surface area contributed by atoms with Crippen molar-refractivity contribution >= 4 is 11.6 Å². The maximum Gasteiger partial charge on any atom is 0.226 e. The molecule has 2 N–H and O–H groups in total. The molecule has 0 aliphatic carbocycles. The predicted molar refractivity (Wildman–Crippen MR) is 78.0 cm³/mol. The topological polar surface area (TPSA) is 67.8 Å². The van der Waals surface area contributed by atoms with Crippen LogP contribution in [0.25, 0.3) is 0 Å². The van der Waals surface area contributed by atoms with Gasteiger partial charge in [-0.05, 0) is 30.7 Å². The van der Waals surface area contributed by atoms with Crippen molar-refractivity contribution in [3.05, 3.63) is 24.3 Å². The second-order valence-electron chi connectivity index (χ2n) is 4.36. The Bertz CT molecular complexity index is 378. The summed E-state index contributed by atoms with van der Waals surface area (Å²) in [6, 6.07) is 7.17. The zero-order chi connectivity index (χ0) is 14.6. The number of aliphatic hydroxyl groups is 1. The molecular weight excluding hydrogens is 258 g/mol. The van der Waals surface area contributed by atoms with Gasteiger partial charge in [0.05, 0.1) is 19.6 Å². The van der Waals surface area contributed by atoms with E-state index in [1.807, 2.05) is 6.92 Å². The smallest absolute Gasteiger partial charge is 0.226 e. The molecule has 0 heterocycles. The van der Waals surface area contributed by atoms with Gasteiger partial charge in [-0.25, -0.2) is 0 Å². The van der Waals surface area contributed by atoms with E-state index in [1.165, 1.54) is 0 Å². The number of carbonyl (C=O) groups is 1. The molecule has 0 radical (unpaired) electrons. The van der Waals surface area contributed by atoms with Gasteiger partial charge in [0.25, 0.3) is 0 Å². The summed E-state index contributed by atoms with van der Waals surface area (Å²) >= 11 is 0. The van der Waals surface area contributed by atoms with Crippen molar-refractivity contribution in [3.63, 3.8) is 0 Å². The number of hydrogen-bond acceptors (Lipinski definition) is 4. The molecule has 0 bridgehead atoms. The van der Waals surface area contributed by atoms with E-state index < -0.39 is 0 Å². The fourth-order valence-electron chi connectivity index (χ4n) is 1.52. The highest BCUT2D eigenvalue weighted by Crippen LogP contribution is 2.16. The molecule has 0 saturated heterocycles. The van der Waals surface area contributed by atoms with Crippen molar-refractivity contribution in [1.82, 2.24) is 0 Å². The molecular formula is C15H23NO4. The van der Waals surface area contributed by atoms with E-state index in [0.717, 1.165) is 17.9 Å². The van der Waals surface area contributed by atoms with Gasteiger partial charge in [0.1, 0.15) is 5.75 Å². The van der Waals surface area contributed by atoms with Crippen LogP contribution >= 0.6 is 0 Å². The molecule has 0 saturated carbocycles. The second kappa shape index (κ2) is 10.2. The normalized spacial score (nSPS) is 10.3. The third-order valence-corrected chi connectivity index (χ3v) is 2.53. The van der Waals surface area contributed by atoms with Crippen LogP contribution in [0.2, 0.25) is 0 Å². The van der Waals surface area contributed by atoms with E-state index in [9.17, 15) is 4.79 Å². The summed E-state index contributed by atoms with van der Waals surface area (Å²) in [5.74, 6) is 0.665. The first-order chi connectivity index (χ1) is 9.76. The maximum atomic E-state index is 11.6. The van der Waals surface area contributed by atoms with Crippen molar-refractivity contribution in [2.45, 2.75) is 26.2 Å². The van der Waals surface area contributed by atoms with Gasteiger partial charge in [-0.15, -0.1) is 0 Å². The van der Waals surface area contributed by atoms with Crippen molar-refractivity contribution < 1.29 is 19.4 Å². The molecule has 112 valence electrons. The minimum Gasteiger partial charge on any atom is -0.494 e. The molecule has 0 atom stereocenters. The summed E-state index contributed by atoms with van der Waals surface area (Å²) in [6.07, 6.45) is 1.92. The number of ether oxygens (including phenoxy) is 2. The molecule has 1 amide bonds. The number of carbonyl (C=O) groups excluding carboxylic acids is 1. The third-order valence-electron chi connectivity index (χ3n) is 2.53. The molecule has 1 aromatic carbocycles. The Morgan fingerprint density at radius 1 is 1.20 bits per heavy atom. The SMILES string of the molecule is CCCOCCC(=O)Nc1ccc(OCCCO)cc1. The molecule has 0 aromatic heterocycles. The fraction of sp³-hybridized carbons (Fsp3) is 0.533. The summed E-state index contributed by atoms with van der Waals surface area (Å²) in [6.45, 7) is 3.77. The highest BCUT2D eigenvalue weighted by molar-refractivity contribution is 5.90. The van der Waals surface area contributed by atoms with Crippen LogP contribution in [0, 0.1) is 0 Å². The quantitative estimate of drug-likeness (QED) is 0.645. The van der Waals surface area contributed by atoms with Gasteiger partial charge in [-0.3, -0.25) is 4.79 Å². The zero-order valence-corrected chi connectivity index (χ0v) is 11.9. The zero-order valence-electron chi connectivity index (χ0n) is 11.9. The van der Waals surface area contributed by atoms with Crippen LogP contribution in [-0.2, 0) is 9.53 Å². The Morgan fingerprint density at radius 2 is 1.95 bits per heavy atom. The van der Waals surface area contributed by atoms with E-state index >= 15 is 0 Å². The van der Waals surface area contributed by atoms with Gasteiger partial charge in [0.15, 0.2) is 0 Å². The van der Waals surface area contributed by atoms with Gasteiger partial charge in [-0.2, -0.15) is 0 Å². The van der Waals surface area contributed by atoms with Crippen LogP contribution < -0.4 is 10.1 Å². The van der Waals surface area contributed by atoms with Crippen LogP contribution in [0.15, 0.2) is 24.3 Å². The van der Waals surface area contributed by atoms with Gasteiger partial charge in [-0.1, -0.05) is 6.92 Å². The third kappa shape index (κ3) is 7.11. The van der Waals surface area contributed by atoms with E-state index in [4.69, 9.17) is 14.6 Å². The van der Waals surface area contributed by atoms with Crippen LogP contribution in [0.1, 0.15) is 26.2 Å². The molecule has 0 aliphatic rings. The standard InChI is InChI=1S/C15H23NO4/c1-2-10-19-12-8-15(18)16-13-4-6-14(7-5-13)20-11-3-9-17/h4-7,17H,2-3,8-12H2,1H3,(H,16,18). The average Bonchev–Trinajstić information content (AvgIpc) is 2.46. The van der Waals surface area contributed by atoms with E-state index in [2.05, 4.69) is 5.32 Å². The van der Waals surface area contributed by atoms with Crippen LogP contribution in [0.3, 0.4) is 0 Å². The number of benzene rings is 1. The Kier molecular flexibility index (Phi) is 8.42. The molecule has 1 aromatic rings. The Labute approximate surface area is 119 Å². The second-order valence-corrected chi connectivity index (χ2v) is 4.36. The van der Waals surface area contributed by atoms with Crippen molar-refractivity contribution in [1.29, 1.82) is 0 Å². The van der Waals surface area contributed by atoms with Gasteiger partial charge in [0, 0.05) is 25.3 Å². The number of amides is 1. The minimum absolute atomic E-state index is 0.0601. The van der Waals surface area contributed by atoms with Crippen LogP contribution in [-0.4, -0.2) is 37.4 Å².